The van der Waals surface area contributed by atoms with E-state index in [9.17, 15) is 14.4 Å². The van der Waals surface area contributed by atoms with Gasteiger partial charge in [-0.3, -0.25) is 29.2 Å². The van der Waals surface area contributed by atoms with Crippen LogP contribution in [-0.2, 0) is 32.9 Å². The first-order chi connectivity index (χ1) is 17.5. The van der Waals surface area contributed by atoms with Crippen LogP contribution in [0.25, 0.3) is 0 Å². The lowest BCUT2D eigenvalue weighted by Gasteiger charge is -2.36. The van der Waals surface area contributed by atoms with Crippen LogP contribution in [0.4, 0.5) is 0 Å². The third-order valence-corrected chi connectivity index (χ3v) is 7.25. The fourth-order valence-corrected chi connectivity index (χ4v) is 5.22. The summed E-state index contributed by atoms with van der Waals surface area (Å²) in [5.74, 6) is -0.627. The SMILES string of the molecule is O=C(C[C@@]1(c2ccccc2)CC(=O)N(Cc2ccncc2)C1=O)N1CCN(Cc2ccccc2)CC1. The van der Waals surface area contributed by atoms with E-state index in [4.69, 9.17) is 0 Å². The van der Waals surface area contributed by atoms with E-state index in [0.29, 0.717) is 13.1 Å². The molecule has 2 aliphatic rings. The summed E-state index contributed by atoms with van der Waals surface area (Å²) in [6, 6.07) is 23.2. The van der Waals surface area contributed by atoms with Gasteiger partial charge in [0, 0.05) is 58.0 Å². The molecule has 0 aliphatic carbocycles. The molecule has 0 saturated carbocycles. The number of rotatable bonds is 7. The van der Waals surface area contributed by atoms with Gasteiger partial charge in [-0.15, -0.1) is 0 Å². The molecule has 3 aromatic rings. The number of aromatic nitrogens is 1. The van der Waals surface area contributed by atoms with E-state index in [1.54, 1.807) is 24.5 Å². The van der Waals surface area contributed by atoms with Gasteiger partial charge in [0.1, 0.15) is 0 Å². The van der Waals surface area contributed by atoms with Crippen LogP contribution in [0.1, 0.15) is 29.5 Å². The topological polar surface area (TPSA) is 73.8 Å². The molecule has 7 nitrogen and oxygen atoms in total. The Bertz CT molecular complexity index is 1210. The summed E-state index contributed by atoms with van der Waals surface area (Å²) in [4.78, 5) is 50.0. The number of hydrogen-bond donors (Lipinski definition) is 0. The maximum atomic E-state index is 13.8. The van der Waals surface area contributed by atoms with Gasteiger partial charge in [0.15, 0.2) is 0 Å². The lowest BCUT2D eigenvalue weighted by molar-refractivity contribution is -0.143. The molecule has 7 heteroatoms. The Hall–Kier alpha value is -3.84. The van der Waals surface area contributed by atoms with Crippen molar-refractivity contribution in [2.24, 2.45) is 0 Å². The number of nitrogens with zero attached hydrogens (tertiary/aromatic N) is 4. The summed E-state index contributed by atoms with van der Waals surface area (Å²) in [5.41, 5.74) is 1.63. The monoisotopic (exact) mass is 482 g/mol. The molecular formula is C29H30N4O3. The van der Waals surface area contributed by atoms with Crippen LogP contribution in [0.2, 0.25) is 0 Å². The van der Waals surface area contributed by atoms with Crippen molar-refractivity contribution in [1.29, 1.82) is 0 Å². The molecule has 2 saturated heterocycles. The lowest BCUT2D eigenvalue weighted by Crippen LogP contribution is -2.50. The first kappa shape index (κ1) is 23.9. The van der Waals surface area contributed by atoms with Crippen LogP contribution in [0.3, 0.4) is 0 Å². The van der Waals surface area contributed by atoms with Crippen molar-refractivity contribution in [3.05, 3.63) is 102 Å². The number of hydrogen-bond acceptors (Lipinski definition) is 5. The number of piperazine rings is 1. The third kappa shape index (κ3) is 4.93. The van der Waals surface area contributed by atoms with Gasteiger partial charge in [-0.25, -0.2) is 0 Å². The van der Waals surface area contributed by atoms with Gasteiger partial charge in [0.25, 0.3) is 0 Å². The molecule has 0 unspecified atom stereocenters. The van der Waals surface area contributed by atoms with Gasteiger partial charge >= 0.3 is 0 Å². The van der Waals surface area contributed by atoms with Crippen molar-refractivity contribution in [2.45, 2.75) is 31.3 Å². The maximum absolute atomic E-state index is 13.8. The molecule has 0 N–H and O–H groups in total. The van der Waals surface area contributed by atoms with E-state index in [1.807, 2.05) is 53.4 Å². The normalized spacial score (nSPS) is 20.7. The predicted octanol–water partition coefficient (Wildman–Crippen LogP) is 3.01. The molecule has 184 valence electrons. The number of imide groups is 1. The Kier molecular flexibility index (Phi) is 6.91. The molecule has 1 aromatic heterocycles. The molecule has 2 fully saturated rings. The van der Waals surface area contributed by atoms with Gasteiger partial charge in [-0.2, -0.15) is 0 Å². The van der Waals surface area contributed by atoms with Crippen molar-refractivity contribution >= 4 is 17.7 Å². The van der Waals surface area contributed by atoms with Crippen molar-refractivity contribution in [3.63, 3.8) is 0 Å². The molecule has 0 bridgehead atoms. The van der Waals surface area contributed by atoms with Gasteiger partial charge in [0.2, 0.25) is 17.7 Å². The van der Waals surface area contributed by atoms with E-state index in [2.05, 4.69) is 22.0 Å². The standard InChI is InChI=1S/C29H30N4O3/c34-26(32-17-15-31(16-18-32)21-23-7-3-1-4-8-23)19-29(25-9-5-2-6-10-25)20-27(35)33(28(29)36)22-24-11-13-30-14-12-24/h1-14H,15-22H2/t29-/m0/s1. The van der Waals surface area contributed by atoms with Crippen LogP contribution in [0.15, 0.2) is 85.2 Å². The summed E-state index contributed by atoms with van der Waals surface area (Å²) < 4.78 is 0. The molecule has 2 aliphatic heterocycles. The predicted molar refractivity (Wildman–Crippen MR) is 135 cm³/mol. The second-order valence-corrected chi connectivity index (χ2v) is 9.58. The highest BCUT2D eigenvalue weighted by molar-refractivity contribution is 6.10. The van der Waals surface area contributed by atoms with Gasteiger partial charge in [-0.05, 0) is 28.8 Å². The van der Waals surface area contributed by atoms with Crippen molar-refractivity contribution < 1.29 is 14.4 Å². The minimum atomic E-state index is -1.18. The van der Waals surface area contributed by atoms with Crippen LogP contribution in [0, 0.1) is 0 Å². The largest absolute Gasteiger partial charge is 0.340 e. The van der Waals surface area contributed by atoms with Gasteiger partial charge < -0.3 is 4.90 Å². The molecule has 1 atom stereocenters. The Morgan fingerprint density at radius 2 is 1.39 bits per heavy atom. The molecule has 3 amide bonds. The molecule has 0 radical (unpaired) electrons. The van der Waals surface area contributed by atoms with Crippen molar-refractivity contribution in [1.82, 2.24) is 19.7 Å². The van der Waals surface area contributed by atoms with Crippen molar-refractivity contribution in [3.8, 4) is 0 Å². The maximum Gasteiger partial charge on any atom is 0.241 e. The third-order valence-electron chi connectivity index (χ3n) is 7.25. The number of carbonyl (C=O) groups excluding carboxylic acids is 3. The zero-order chi connectivity index (χ0) is 25.0. The highest BCUT2D eigenvalue weighted by Gasteiger charge is 2.54. The van der Waals surface area contributed by atoms with Crippen LogP contribution in [-0.4, -0.2) is 63.6 Å². The van der Waals surface area contributed by atoms with Crippen molar-refractivity contribution in [2.75, 3.05) is 26.2 Å². The first-order valence-corrected chi connectivity index (χ1v) is 12.4. The minimum absolute atomic E-state index is 0.000637. The Morgan fingerprint density at radius 3 is 2.06 bits per heavy atom. The molecule has 0 spiro atoms. The van der Waals surface area contributed by atoms with Gasteiger partial charge in [-0.1, -0.05) is 60.7 Å². The van der Waals surface area contributed by atoms with Gasteiger partial charge in [0.05, 0.1) is 12.0 Å². The molecular weight excluding hydrogens is 452 g/mol. The number of carbonyl (C=O) groups is 3. The molecule has 5 rings (SSSR count). The van der Waals surface area contributed by atoms with E-state index >= 15 is 0 Å². The van der Waals surface area contributed by atoms with E-state index in [0.717, 1.165) is 30.8 Å². The second kappa shape index (κ2) is 10.4. The Morgan fingerprint density at radius 1 is 0.778 bits per heavy atom. The first-order valence-electron chi connectivity index (χ1n) is 12.4. The molecule has 3 heterocycles. The minimum Gasteiger partial charge on any atom is -0.340 e. The van der Waals surface area contributed by atoms with E-state index < -0.39 is 5.41 Å². The quantitative estimate of drug-likeness (QED) is 0.484. The molecule has 36 heavy (non-hydrogen) atoms. The van der Waals surface area contributed by atoms with Crippen LogP contribution >= 0.6 is 0 Å². The highest BCUT2D eigenvalue weighted by atomic mass is 16.2. The highest BCUT2D eigenvalue weighted by Crippen LogP contribution is 2.41. The number of pyridine rings is 1. The van der Waals surface area contributed by atoms with Crippen LogP contribution < -0.4 is 0 Å². The average Bonchev–Trinajstić information content (AvgIpc) is 3.15. The number of amides is 3. The second-order valence-electron chi connectivity index (χ2n) is 9.58. The smallest absolute Gasteiger partial charge is 0.241 e. The summed E-state index contributed by atoms with van der Waals surface area (Å²) in [6.45, 7) is 3.81. The number of likely N-dealkylation sites (tertiary alicyclic amines) is 1. The summed E-state index contributed by atoms with van der Waals surface area (Å²) in [5, 5.41) is 0. The van der Waals surface area contributed by atoms with E-state index in [-0.39, 0.29) is 37.1 Å². The van der Waals surface area contributed by atoms with Crippen LogP contribution in [0.5, 0.6) is 0 Å². The summed E-state index contributed by atoms with van der Waals surface area (Å²) >= 11 is 0. The molecule has 2 aromatic carbocycles. The fourth-order valence-electron chi connectivity index (χ4n) is 5.22. The van der Waals surface area contributed by atoms with E-state index in [1.165, 1.54) is 10.5 Å². The summed E-state index contributed by atoms with van der Waals surface area (Å²) in [6.07, 6.45) is 3.28. The number of benzene rings is 2. The Labute approximate surface area is 211 Å². The lowest BCUT2D eigenvalue weighted by atomic mass is 9.75. The zero-order valence-corrected chi connectivity index (χ0v) is 20.3. The fraction of sp³-hybridized carbons (Fsp3) is 0.310. The summed E-state index contributed by atoms with van der Waals surface area (Å²) in [7, 11) is 0. The zero-order valence-electron chi connectivity index (χ0n) is 20.3. The Balaban J connectivity index is 1.31. The average molecular weight is 483 g/mol.